The Morgan fingerprint density at radius 3 is 2.56 bits per heavy atom. The first kappa shape index (κ1) is 12.4. The van der Waals surface area contributed by atoms with Crippen molar-refractivity contribution in [1.29, 1.82) is 0 Å². The fourth-order valence-corrected chi connectivity index (χ4v) is 1.44. The van der Waals surface area contributed by atoms with E-state index in [1.807, 2.05) is 36.4 Å². The number of hydrogen-bond donors (Lipinski definition) is 1. The highest BCUT2D eigenvalue weighted by molar-refractivity contribution is 7.59. The minimum absolute atomic E-state index is 0. The SMILES string of the molecule is CNC(=O)Oc1cccc2ccccc12.S. The van der Waals surface area contributed by atoms with Crippen LogP contribution in [0, 0.1) is 0 Å². The molecule has 0 radical (unpaired) electrons. The molecule has 0 atom stereocenters. The molecule has 1 amide bonds. The molecular weight excluding hydrogens is 222 g/mol. The van der Waals surface area contributed by atoms with Crippen molar-refractivity contribution in [1.82, 2.24) is 5.32 Å². The van der Waals surface area contributed by atoms with Crippen molar-refractivity contribution < 1.29 is 9.53 Å². The van der Waals surface area contributed by atoms with E-state index < -0.39 is 6.09 Å². The van der Waals surface area contributed by atoms with Crippen LogP contribution in [0.2, 0.25) is 0 Å². The summed E-state index contributed by atoms with van der Waals surface area (Å²) in [6.45, 7) is 0. The summed E-state index contributed by atoms with van der Waals surface area (Å²) in [5, 5.41) is 4.41. The molecule has 0 unspecified atom stereocenters. The molecule has 0 aliphatic heterocycles. The zero-order valence-corrected chi connectivity index (χ0v) is 9.86. The van der Waals surface area contributed by atoms with Gasteiger partial charge in [-0.3, -0.25) is 0 Å². The zero-order valence-electron chi connectivity index (χ0n) is 8.86. The molecular formula is C12H13NO2S. The van der Waals surface area contributed by atoms with Crippen molar-refractivity contribution in [3.63, 3.8) is 0 Å². The van der Waals surface area contributed by atoms with E-state index in [2.05, 4.69) is 5.32 Å². The maximum absolute atomic E-state index is 11.1. The van der Waals surface area contributed by atoms with Gasteiger partial charge in [0, 0.05) is 12.4 Å². The van der Waals surface area contributed by atoms with Crippen LogP contribution in [0.15, 0.2) is 42.5 Å². The van der Waals surface area contributed by atoms with E-state index in [-0.39, 0.29) is 13.5 Å². The predicted octanol–water partition coefficient (Wildman–Crippen LogP) is 2.67. The summed E-state index contributed by atoms with van der Waals surface area (Å²) in [5.41, 5.74) is 0. The summed E-state index contributed by atoms with van der Waals surface area (Å²) < 4.78 is 5.13. The third-order valence-corrected chi connectivity index (χ3v) is 2.16. The number of carbonyl (C=O) groups is 1. The fraction of sp³-hybridized carbons (Fsp3) is 0.0833. The van der Waals surface area contributed by atoms with Crippen LogP contribution in [-0.2, 0) is 0 Å². The maximum atomic E-state index is 11.1. The zero-order chi connectivity index (χ0) is 10.7. The van der Waals surface area contributed by atoms with Crippen molar-refractivity contribution in [3.8, 4) is 5.75 Å². The first-order chi connectivity index (χ1) is 7.31. The normalized spacial score (nSPS) is 9.31. The number of hydrogen-bond acceptors (Lipinski definition) is 2. The third kappa shape index (κ3) is 2.46. The second-order valence-corrected chi connectivity index (χ2v) is 3.12. The van der Waals surface area contributed by atoms with Gasteiger partial charge < -0.3 is 10.1 Å². The number of fused-ring (bicyclic) bond motifs is 1. The molecule has 2 aromatic rings. The first-order valence-electron chi connectivity index (χ1n) is 4.68. The Hall–Kier alpha value is -1.68. The highest BCUT2D eigenvalue weighted by Gasteiger charge is 2.04. The fourth-order valence-electron chi connectivity index (χ4n) is 1.44. The molecule has 0 aromatic heterocycles. The Labute approximate surface area is 101 Å². The molecule has 2 rings (SSSR count). The summed E-state index contributed by atoms with van der Waals surface area (Å²) >= 11 is 0. The van der Waals surface area contributed by atoms with Crippen molar-refractivity contribution in [2.75, 3.05) is 7.05 Å². The van der Waals surface area contributed by atoms with Gasteiger partial charge in [-0.25, -0.2) is 4.79 Å². The molecule has 0 bridgehead atoms. The Morgan fingerprint density at radius 2 is 1.81 bits per heavy atom. The second kappa shape index (κ2) is 5.42. The number of rotatable bonds is 1. The monoisotopic (exact) mass is 235 g/mol. The molecule has 2 aromatic carbocycles. The molecule has 1 N–H and O–H groups in total. The Balaban J connectivity index is 0.00000128. The van der Waals surface area contributed by atoms with Gasteiger partial charge in [-0.2, -0.15) is 13.5 Å². The minimum atomic E-state index is -0.452. The highest BCUT2D eigenvalue weighted by Crippen LogP contribution is 2.24. The number of ether oxygens (including phenoxy) is 1. The Bertz CT molecular complexity index is 494. The van der Waals surface area contributed by atoms with Gasteiger partial charge in [-0.05, 0) is 11.5 Å². The second-order valence-electron chi connectivity index (χ2n) is 3.12. The van der Waals surface area contributed by atoms with Crippen molar-refractivity contribution in [2.45, 2.75) is 0 Å². The standard InChI is InChI=1S/C12H11NO2.H2S/c1-13-12(14)15-11-8-4-6-9-5-2-3-7-10(9)11;/h2-8H,1H3,(H,13,14);1H2. The predicted molar refractivity (Wildman–Crippen MR) is 69.4 cm³/mol. The number of amides is 1. The Morgan fingerprint density at radius 1 is 1.12 bits per heavy atom. The largest absolute Gasteiger partial charge is 0.412 e. The molecule has 0 spiro atoms. The van der Waals surface area contributed by atoms with Crippen LogP contribution < -0.4 is 10.1 Å². The lowest BCUT2D eigenvalue weighted by Crippen LogP contribution is -2.22. The molecule has 84 valence electrons. The van der Waals surface area contributed by atoms with Crippen LogP contribution in [0.5, 0.6) is 5.75 Å². The quantitative estimate of drug-likeness (QED) is 0.825. The van der Waals surface area contributed by atoms with Crippen LogP contribution in [0.1, 0.15) is 0 Å². The molecule has 4 heteroatoms. The molecule has 3 nitrogen and oxygen atoms in total. The summed E-state index contributed by atoms with van der Waals surface area (Å²) in [4.78, 5) is 11.1. The molecule has 16 heavy (non-hydrogen) atoms. The lowest BCUT2D eigenvalue weighted by Gasteiger charge is -2.06. The lowest BCUT2D eigenvalue weighted by atomic mass is 10.1. The van der Waals surface area contributed by atoms with Gasteiger partial charge in [0.05, 0.1) is 0 Å². The third-order valence-electron chi connectivity index (χ3n) is 2.16. The molecule has 0 aliphatic carbocycles. The first-order valence-corrected chi connectivity index (χ1v) is 4.68. The van der Waals surface area contributed by atoms with E-state index in [1.54, 1.807) is 6.07 Å². The maximum Gasteiger partial charge on any atom is 0.412 e. The molecule has 0 saturated heterocycles. The molecule has 0 heterocycles. The molecule has 0 saturated carbocycles. The van der Waals surface area contributed by atoms with E-state index in [9.17, 15) is 4.79 Å². The number of benzene rings is 2. The van der Waals surface area contributed by atoms with Crippen LogP contribution in [-0.4, -0.2) is 13.1 Å². The van der Waals surface area contributed by atoms with E-state index in [0.717, 1.165) is 10.8 Å². The van der Waals surface area contributed by atoms with Crippen LogP contribution >= 0.6 is 13.5 Å². The van der Waals surface area contributed by atoms with E-state index in [0.29, 0.717) is 5.75 Å². The lowest BCUT2D eigenvalue weighted by molar-refractivity contribution is 0.203. The topological polar surface area (TPSA) is 38.3 Å². The summed E-state index contributed by atoms with van der Waals surface area (Å²) in [7, 11) is 1.54. The average Bonchev–Trinajstić information content (AvgIpc) is 2.29. The molecule has 0 fully saturated rings. The van der Waals surface area contributed by atoms with Gasteiger partial charge in [-0.15, -0.1) is 0 Å². The van der Waals surface area contributed by atoms with Crippen LogP contribution in [0.3, 0.4) is 0 Å². The summed E-state index contributed by atoms with van der Waals surface area (Å²) in [6.07, 6.45) is -0.452. The number of nitrogens with one attached hydrogen (secondary N) is 1. The highest BCUT2D eigenvalue weighted by atomic mass is 32.1. The van der Waals surface area contributed by atoms with Crippen molar-refractivity contribution in [3.05, 3.63) is 42.5 Å². The summed E-state index contributed by atoms with van der Waals surface area (Å²) in [6, 6.07) is 13.4. The van der Waals surface area contributed by atoms with E-state index >= 15 is 0 Å². The summed E-state index contributed by atoms with van der Waals surface area (Å²) in [5.74, 6) is 0.576. The van der Waals surface area contributed by atoms with Gasteiger partial charge in [0.25, 0.3) is 0 Å². The van der Waals surface area contributed by atoms with Gasteiger partial charge >= 0.3 is 6.09 Å². The van der Waals surface area contributed by atoms with Crippen LogP contribution in [0.4, 0.5) is 4.79 Å². The smallest absolute Gasteiger partial charge is 0.410 e. The van der Waals surface area contributed by atoms with E-state index in [1.165, 1.54) is 7.05 Å². The van der Waals surface area contributed by atoms with Gasteiger partial charge in [0.2, 0.25) is 0 Å². The molecule has 0 aliphatic rings. The van der Waals surface area contributed by atoms with Crippen molar-refractivity contribution in [2.24, 2.45) is 0 Å². The average molecular weight is 235 g/mol. The van der Waals surface area contributed by atoms with Gasteiger partial charge in [-0.1, -0.05) is 36.4 Å². The van der Waals surface area contributed by atoms with Crippen LogP contribution in [0.25, 0.3) is 10.8 Å². The minimum Gasteiger partial charge on any atom is -0.410 e. The van der Waals surface area contributed by atoms with Gasteiger partial charge in [0.15, 0.2) is 0 Å². The number of carbonyl (C=O) groups excluding carboxylic acids is 1. The Kier molecular flexibility index (Phi) is 4.19. The van der Waals surface area contributed by atoms with Crippen molar-refractivity contribution >= 4 is 30.4 Å². The van der Waals surface area contributed by atoms with Gasteiger partial charge in [0.1, 0.15) is 5.75 Å². The van der Waals surface area contributed by atoms with E-state index in [4.69, 9.17) is 4.74 Å².